The summed E-state index contributed by atoms with van der Waals surface area (Å²) in [5.74, 6) is 0.525. The van der Waals surface area contributed by atoms with Crippen molar-refractivity contribution in [1.29, 1.82) is 0 Å². The van der Waals surface area contributed by atoms with Gasteiger partial charge in [-0.3, -0.25) is 19.8 Å². The summed E-state index contributed by atoms with van der Waals surface area (Å²) < 4.78 is 7.00. The minimum atomic E-state index is -0.545. The number of amides is 1. The van der Waals surface area contributed by atoms with Gasteiger partial charge in [0.25, 0.3) is 11.6 Å². The first-order chi connectivity index (χ1) is 16.6. The SMILES string of the molecule is COc1ccc([C@@H]2C[C@H](c3ccccc3)n3ncnc3N2C(=O)c2ccccc2[N+](=O)[O-])cc1. The minimum absolute atomic E-state index is 0.00118. The van der Waals surface area contributed by atoms with Crippen LogP contribution in [-0.2, 0) is 0 Å². The van der Waals surface area contributed by atoms with Crippen LogP contribution in [0.15, 0.2) is 85.2 Å². The Morgan fingerprint density at radius 3 is 2.35 bits per heavy atom. The van der Waals surface area contributed by atoms with Gasteiger partial charge in [-0.2, -0.15) is 10.1 Å². The number of nitro groups is 1. The number of nitro benzene ring substituents is 1. The number of rotatable bonds is 5. The van der Waals surface area contributed by atoms with Gasteiger partial charge < -0.3 is 4.74 Å². The third-order valence-corrected chi connectivity index (χ3v) is 6.06. The predicted molar refractivity (Wildman–Crippen MR) is 125 cm³/mol. The van der Waals surface area contributed by atoms with E-state index in [0.29, 0.717) is 18.1 Å². The van der Waals surface area contributed by atoms with E-state index in [2.05, 4.69) is 10.1 Å². The van der Waals surface area contributed by atoms with Gasteiger partial charge in [-0.05, 0) is 35.7 Å². The normalized spacial score (nSPS) is 17.1. The van der Waals surface area contributed by atoms with Gasteiger partial charge >= 0.3 is 0 Å². The Balaban J connectivity index is 1.66. The molecule has 0 bridgehead atoms. The highest BCUT2D eigenvalue weighted by Crippen LogP contribution is 2.43. The fraction of sp³-hybridized carbons (Fsp3) is 0.160. The summed E-state index contributed by atoms with van der Waals surface area (Å²) in [5.41, 5.74) is 1.64. The molecule has 1 aliphatic heterocycles. The molecule has 0 N–H and O–H groups in total. The Morgan fingerprint density at radius 1 is 0.971 bits per heavy atom. The average molecular weight is 455 g/mol. The van der Waals surface area contributed by atoms with E-state index in [1.165, 1.54) is 23.4 Å². The van der Waals surface area contributed by atoms with Crippen molar-refractivity contribution >= 4 is 17.5 Å². The second-order valence-corrected chi connectivity index (χ2v) is 7.91. The van der Waals surface area contributed by atoms with Gasteiger partial charge in [0.15, 0.2) is 0 Å². The Morgan fingerprint density at radius 2 is 1.65 bits per heavy atom. The first-order valence-corrected chi connectivity index (χ1v) is 10.7. The van der Waals surface area contributed by atoms with Crippen molar-refractivity contribution in [1.82, 2.24) is 14.8 Å². The zero-order chi connectivity index (χ0) is 23.7. The smallest absolute Gasteiger partial charge is 0.282 e. The number of hydrogen-bond acceptors (Lipinski definition) is 6. The molecule has 0 radical (unpaired) electrons. The Labute approximate surface area is 195 Å². The maximum atomic E-state index is 13.9. The Bertz CT molecular complexity index is 1340. The first-order valence-electron chi connectivity index (χ1n) is 10.7. The van der Waals surface area contributed by atoms with Crippen LogP contribution >= 0.6 is 0 Å². The maximum Gasteiger partial charge on any atom is 0.282 e. The Hall–Kier alpha value is -4.53. The molecule has 0 fully saturated rings. The summed E-state index contributed by atoms with van der Waals surface area (Å²) in [6.45, 7) is 0. The fourth-order valence-corrected chi connectivity index (χ4v) is 4.43. The van der Waals surface area contributed by atoms with Crippen molar-refractivity contribution in [3.8, 4) is 5.75 Å². The first kappa shape index (κ1) is 21.3. The van der Waals surface area contributed by atoms with Gasteiger partial charge in [0.1, 0.15) is 17.6 Å². The third kappa shape index (κ3) is 3.66. The van der Waals surface area contributed by atoms with Gasteiger partial charge in [0, 0.05) is 6.07 Å². The van der Waals surface area contributed by atoms with E-state index in [4.69, 9.17) is 4.74 Å². The van der Waals surface area contributed by atoms with Crippen LogP contribution in [0.5, 0.6) is 5.75 Å². The number of hydrogen-bond donors (Lipinski definition) is 0. The molecule has 0 saturated heterocycles. The lowest BCUT2D eigenvalue weighted by Gasteiger charge is -2.39. The van der Waals surface area contributed by atoms with Crippen molar-refractivity contribution in [2.75, 3.05) is 12.0 Å². The van der Waals surface area contributed by atoms with Crippen LogP contribution < -0.4 is 9.64 Å². The number of ether oxygens (including phenoxy) is 1. The van der Waals surface area contributed by atoms with Crippen molar-refractivity contribution < 1.29 is 14.5 Å². The van der Waals surface area contributed by atoms with E-state index < -0.39 is 16.9 Å². The highest BCUT2D eigenvalue weighted by molar-refractivity contribution is 6.08. The molecule has 2 atom stereocenters. The van der Waals surface area contributed by atoms with Gasteiger partial charge in [-0.25, -0.2) is 4.68 Å². The van der Waals surface area contributed by atoms with E-state index in [1.807, 2.05) is 54.6 Å². The van der Waals surface area contributed by atoms with E-state index in [9.17, 15) is 14.9 Å². The van der Waals surface area contributed by atoms with Crippen LogP contribution in [0.3, 0.4) is 0 Å². The van der Waals surface area contributed by atoms with E-state index >= 15 is 0 Å². The lowest BCUT2D eigenvalue weighted by Crippen LogP contribution is -2.42. The monoisotopic (exact) mass is 455 g/mol. The van der Waals surface area contributed by atoms with Crippen LogP contribution in [0.2, 0.25) is 0 Å². The second-order valence-electron chi connectivity index (χ2n) is 7.91. The number of benzene rings is 3. The van der Waals surface area contributed by atoms with Gasteiger partial charge in [-0.1, -0.05) is 54.6 Å². The summed E-state index contributed by atoms with van der Waals surface area (Å²) >= 11 is 0. The molecular formula is C25H21N5O4. The number of fused-ring (bicyclic) bond motifs is 1. The van der Waals surface area contributed by atoms with E-state index in [0.717, 1.165) is 11.1 Å². The van der Waals surface area contributed by atoms with Gasteiger partial charge in [-0.15, -0.1) is 0 Å². The molecular weight excluding hydrogens is 434 g/mol. The zero-order valence-corrected chi connectivity index (χ0v) is 18.3. The van der Waals surface area contributed by atoms with Gasteiger partial charge in [0.05, 0.1) is 24.1 Å². The maximum absolute atomic E-state index is 13.9. The molecule has 3 aromatic carbocycles. The Kier molecular flexibility index (Phi) is 5.51. The molecule has 5 rings (SSSR count). The topological polar surface area (TPSA) is 103 Å². The summed E-state index contributed by atoms with van der Waals surface area (Å²) in [6, 6.07) is 22.7. The summed E-state index contributed by atoms with van der Waals surface area (Å²) in [7, 11) is 1.59. The molecule has 0 saturated carbocycles. The number of methoxy groups -OCH3 is 1. The molecule has 170 valence electrons. The second kappa shape index (κ2) is 8.78. The molecule has 1 aliphatic rings. The van der Waals surface area contributed by atoms with Crippen molar-refractivity contribution in [3.05, 3.63) is 112 Å². The molecule has 1 aromatic heterocycles. The molecule has 9 heteroatoms. The standard InChI is InChI=1S/C25H21N5O4/c1-34-19-13-11-18(12-14-19)22-15-23(17-7-3-2-4-8-17)29-25(26-16-27-29)28(22)24(31)20-9-5-6-10-21(20)30(32)33/h2-14,16,22-23H,15H2,1H3/t22-,23+/m0/s1. The van der Waals surface area contributed by atoms with Crippen molar-refractivity contribution in [2.45, 2.75) is 18.5 Å². The quantitative estimate of drug-likeness (QED) is 0.322. The molecule has 0 unspecified atom stereocenters. The van der Waals surface area contributed by atoms with Crippen molar-refractivity contribution in [3.63, 3.8) is 0 Å². The van der Waals surface area contributed by atoms with E-state index in [1.54, 1.807) is 23.9 Å². The molecule has 0 aliphatic carbocycles. The number of para-hydroxylation sites is 1. The van der Waals surface area contributed by atoms with Crippen molar-refractivity contribution in [2.24, 2.45) is 0 Å². The van der Waals surface area contributed by atoms with Crippen LogP contribution in [0, 0.1) is 10.1 Å². The van der Waals surface area contributed by atoms with Crippen LogP contribution in [-0.4, -0.2) is 32.7 Å². The number of nitrogens with zero attached hydrogens (tertiary/aromatic N) is 5. The van der Waals surface area contributed by atoms with Crippen LogP contribution in [0.1, 0.15) is 40.0 Å². The number of aromatic nitrogens is 3. The highest BCUT2D eigenvalue weighted by Gasteiger charge is 2.41. The number of carbonyl (C=O) groups is 1. The largest absolute Gasteiger partial charge is 0.497 e. The summed E-state index contributed by atoms with van der Waals surface area (Å²) in [6.07, 6.45) is 1.92. The summed E-state index contributed by atoms with van der Waals surface area (Å²) in [5, 5.41) is 16.1. The van der Waals surface area contributed by atoms with E-state index in [-0.39, 0.29) is 17.3 Å². The minimum Gasteiger partial charge on any atom is -0.497 e. The van der Waals surface area contributed by atoms with Crippen LogP contribution in [0.4, 0.5) is 11.6 Å². The third-order valence-electron chi connectivity index (χ3n) is 6.06. The number of anilines is 1. The zero-order valence-electron chi connectivity index (χ0n) is 18.3. The molecule has 1 amide bonds. The molecule has 2 heterocycles. The predicted octanol–water partition coefficient (Wildman–Crippen LogP) is 4.58. The average Bonchev–Trinajstić information content (AvgIpc) is 3.38. The molecule has 0 spiro atoms. The highest BCUT2D eigenvalue weighted by atomic mass is 16.6. The lowest BCUT2D eigenvalue weighted by molar-refractivity contribution is -0.385. The van der Waals surface area contributed by atoms with Crippen LogP contribution in [0.25, 0.3) is 0 Å². The van der Waals surface area contributed by atoms with Gasteiger partial charge in [0.2, 0.25) is 5.95 Å². The lowest BCUT2D eigenvalue weighted by atomic mass is 9.91. The number of carbonyl (C=O) groups excluding carboxylic acids is 1. The molecule has 34 heavy (non-hydrogen) atoms. The fourth-order valence-electron chi connectivity index (χ4n) is 4.43. The molecule has 4 aromatic rings. The summed E-state index contributed by atoms with van der Waals surface area (Å²) in [4.78, 5) is 30.9. The molecule has 9 nitrogen and oxygen atoms in total.